The Kier molecular flexibility index (Phi) is 8.09. The quantitative estimate of drug-likeness (QED) is 0.498. The highest BCUT2D eigenvalue weighted by atomic mass is 16.5. The Balaban J connectivity index is 1.65. The van der Waals surface area contributed by atoms with Crippen LogP contribution in [-0.4, -0.2) is 41.8 Å². The number of carboxylic acid groups (broad SMARTS) is 1. The zero-order chi connectivity index (χ0) is 24.0. The van der Waals surface area contributed by atoms with Crippen molar-refractivity contribution in [3.8, 4) is 11.1 Å². The molecule has 2 atom stereocenters. The van der Waals surface area contributed by atoms with Crippen LogP contribution in [-0.2, 0) is 14.3 Å². The summed E-state index contributed by atoms with van der Waals surface area (Å²) in [6.45, 7) is 5.87. The third kappa shape index (κ3) is 6.12. The number of rotatable bonds is 10. The van der Waals surface area contributed by atoms with Crippen LogP contribution in [0.4, 0.5) is 4.79 Å². The van der Waals surface area contributed by atoms with Crippen LogP contribution in [0, 0.1) is 5.92 Å². The van der Waals surface area contributed by atoms with Gasteiger partial charge in [-0.15, -0.1) is 0 Å². The number of ether oxygens (including phenoxy) is 1. The lowest BCUT2D eigenvalue weighted by atomic mass is 9.98. The van der Waals surface area contributed by atoms with Crippen LogP contribution in [0.25, 0.3) is 11.1 Å². The Bertz CT molecular complexity index is 958. The van der Waals surface area contributed by atoms with E-state index in [1.165, 1.54) is 0 Å². The number of aliphatic carboxylic acids is 1. The number of alkyl carbamates (subject to hydrolysis) is 1. The van der Waals surface area contributed by atoms with Crippen molar-refractivity contribution in [2.24, 2.45) is 5.92 Å². The molecular weight excluding hydrogens is 420 g/mol. The lowest BCUT2D eigenvalue weighted by molar-refractivity contribution is -0.137. The Hall–Kier alpha value is -3.35. The summed E-state index contributed by atoms with van der Waals surface area (Å²) in [7, 11) is 0. The number of hydrogen-bond donors (Lipinski definition) is 3. The van der Waals surface area contributed by atoms with E-state index in [-0.39, 0.29) is 24.9 Å². The molecule has 0 radical (unpaired) electrons. The maximum absolute atomic E-state index is 12.8. The molecule has 7 nitrogen and oxygen atoms in total. The first-order chi connectivity index (χ1) is 15.8. The fourth-order valence-electron chi connectivity index (χ4n) is 4.30. The molecular formula is C26H32N2O5. The summed E-state index contributed by atoms with van der Waals surface area (Å²) < 4.78 is 5.57. The average molecular weight is 453 g/mol. The smallest absolute Gasteiger partial charge is 0.407 e. The number of carbonyl (C=O) groups excluding carboxylic acids is 2. The normalized spacial score (nSPS) is 14.2. The fraction of sp³-hybridized carbons (Fsp3) is 0.423. The number of fused-ring (bicyclic) bond motifs is 3. The predicted molar refractivity (Wildman–Crippen MR) is 126 cm³/mol. The molecule has 2 amide bonds. The highest BCUT2D eigenvalue weighted by Gasteiger charge is 2.30. The van der Waals surface area contributed by atoms with Gasteiger partial charge in [0.2, 0.25) is 5.91 Å². The molecule has 2 aromatic carbocycles. The first kappa shape index (κ1) is 24.3. The first-order valence-corrected chi connectivity index (χ1v) is 11.4. The van der Waals surface area contributed by atoms with Crippen LogP contribution in [0.3, 0.4) is 0 Å². The first-order valence-electron chi connectivity index (χ1n) is 11.4. The Morgan fingerprint density at radius 2 is 1.55 bits per heavy atom. The lowest BCUT2D eigenvalue weighted by Gasteiger charge is -2.23. The van der Waals surface area contributed by atoms with Gasteiger partial charge >= 0.3 is 12.1 Å². The van der Waals surface area contributed by atoms with Crippen molar-refractivity contribution in [1.29, 1.82) is 0 Å². The molecule has 2 aromatic rings. The third-order valence-corrected chi connectivity index (χ3v) is 5.92. The SMILES string of the molecule is CCC(CC(=O)O)NC(=O)C(CC(C)C)NC(=O)OCC1c2ccccc2-c2ccccc21. The molecule has 0 aliphatic heterocycles. The highest BCUT2D eigenvalue weighted by molar-refractivity contribution is 5.86. The van der Waals surface area contributed by atoms with Gasteiger partial charge in [-0.3, -0.25) is 9.59 Å². The van der Waals surface area contributed by atoms with Crippen LogP contribution < -0.4 is 10.6 Å². The van der Waals surface area contributed by atoms with Crippen LogP contribution >= 0.6 is 0 Å². The maximum Gasteiger partial charge on any atom is 0.407 e. The van der Waals surface area contributed by atoms with Crippen molar-refractivity contribution in [3.63, 3.8) is 0 Å². The van der Waals surface area contributed by atoms with E-state index in [0.717, 1.165) is 22.3 Å². The van der Waals surface area contributed by atoms with Crippen molar-refractivity contribution in [2.45, 2.75) is 58.0 Å². The molecule has 3 N–H and O–H groups in total. The summed E-state index contributed by atoms with van der Waals surface area (Å²) in [6.07, 6.45) is 0.0716. The highest BCUT2D eigenvalue weighted by Crippen LogP contribution is 2.44. The van der Waals surface area contributed by atoms with Gasteiger partial charge in [-0.1, -0.05) is 69.3 Å². The summed E-state index contributed by atoms with van der Waals surface area (Å²) in [5.41, 5.74) is 4.51. The molecule has 0 saturated heterocycles. The van der Waals surface area contributed by atoms with E-state index in [9.17, 15) is 14.4 Å². The minimum atomic E-state index is -0.980. The van der Waals surface area contributed by atoms with Gasteiger partial charge in [0.25, 0.3) is 0 Å². The van der Waals surface area contributed by atoms with E-state index >= 15 is 0 Å². The zero-order valence-electron chi connectivity index (χ0n) is 19.3. The number of carbonyl (C=O) groups is 3. The summed E-state index contributed by atoms with van der Waals surface area (Å²) in [5, 5.41) is 14.5. The number of carboxylic acids is 1. The summed E-state index contributed by atoms with van der Waals surface area (Å²) >= 11 is 0. The van der Waals surface area contributed by atoms with Crippen LogP contribution in [0.2, 0.25) is 0 Å². The van der Waals surface area contributed by atoms with Gasteiger partial charge in [-0.25, -0.2) is 4.79 Å². The standard InChI is InChI=1S/C26H32N2O5/c1-4-17(14-24(29)30)27-25(31)23(13-16(2)3)28-26(32)33-15-22-20-11-7-5-9-18(20)19-10-6-8-12-21(19)22/h5-12,16-17,22-23H,4,13-15H2,1-3H3,(H,27,31)(H,28,32)(H,29,30). The number of benzene rings is 2. The van der Waals surface area contributed by atoms with Gasteiger partial charge in [-0.2, -0.15) is 0 Å². The summed E-state index contributed by atoms with van der Waals surface area (Å²) in [5.74, 6) is -1.30. The second-order valence-electron chi connectivity index (χ2n) is 8.86. The number of nitrogens with one attached hydrogen (secondary N) is 2. The Labute approximate surface area is 194 Å². The van der Waals surface area contributed by atoms with Crippen molar-refractivity contribution in [1.82, 2.24) is 10.6 Å². The van der Waals surface area contributed by atoms with E-state index in [0.29, 0.717) is 12.8 Å². The third-order valence-electron chi connectivity index (χ3n) is 5.92. The molecule has 176 valence electrons. The van der Waals surface area contributed by atoms with Gasteiger partial charge in [0, 0.05) is 12.0 Å². The van der Waals surface area contributed by atoms with Gasteiger partial charge in [0.1, 0.15) is 12.6 Å². The molecule has 0 bridgehead atoms. The van der Waals surface area contributed by atoms with Crippen molar-refractivity contribution >= 4 is 18.0 Å². The lowest BCUT2D eigenvalue weighted by Crippen LogP contribution is -2.50. The summed E-state index contributed by atoms with van der Waals surface area (Å²) in [6, 6.07) is 14.9. The number of hydrogen-bond acceptors (Lipinski definition) is 4. The molecule has 1 aliphatic rings. The van der Waals surface area contributed by atoms with Crippen LogP contribution in [0.15, 0.2) is 48.5 Å². The van der Waals surface area contributed by atoms with Crippen LogP contribution in [0.1, 0.15) is 57.1 Å². The summed E-state index contributed by atoms with van der Waals surface area (Å²) in [4.78, 5) is 36.4. The van der Waals surface area contributed by atoms with Gasteiger partial charge in [0.05, 0.1) is 6.42 Å². The van der Waals surface area contributed by atoms with E-state index < -0.39 is 30.1 Å². The van der Waals surface area contributed by atoms with E-state index in [1.807, 2.05) is 57.2 Å². The fourth-order valence-corrected chi connectivity index (χ4v) is 4.30. The average Bonchev–Trinajstić information content (AvgIpc) is 3.10. The second kappa shape index (κ2) is 11.0. The molecule has 7 heteroatoms. The molecule has 33 heavy (non-hydrogen) atoms. The Morgan fingerprint density at radius 3 is 2.06 bits per heavy atom. The minimum Gasteiger partial charge on any atom is -0.481 e. The Morgan fingerprint density at radius 1 is 0.970 bits per heavy atom. The van der Waals surface area contributed by atoms with Crippen molar-refractivity contribution < 1.29 is 24.2 Å². The topological polar surface area (TPSA) is 105 Å². The van der Waals surface area contributed by atoms with Crippen molar-refractivity contribution in [2.75, 3.05) is 6.61 Å². The predicted octanol–water partition coefficient (Wildman–Crippen LogP) is 4.31. The van der Waals surface area contributed by atoms with Crippen LogP contribution in [0.5, 0.6) is 0 Å². The molecule has 0 saturated carbocycles. The molecule has 0 heterocycles. The van der Waals surface area contributed by atoms with E-state index in [2.05, 4.69) is 22.8 Å². The second-order valence-corrected chi connectivity index (χ2v) is 8.86. The largest absolute Gasteiger partial charge is 0.481 e. The zero-order valence-corrected chi connectivity index (χ0v) is 19.3. The molecule has 0 fully saturated rings. The molecule has 1 aliphatic carbocycles. The monoisotopic (exact) mass is 452 g/mol. The van der Waals surface area contributed by atoms with Gasteiger partial charge in [0.15, 0.2) is 0 Å². The van der Waals surface area contributed by atoms with Gasteiger partial charge < -0.3 is 20.5 Å². The minimum absolute atomic E-state index is 0.0689. The van der Waals surface area contributed by atoms with Gasteiger partial charge in [-0.05, 0) is 41.0 Å². The van der Waals surface area contributed by atoms with Crippen molar-refractivity contribution in [3.05, 3.63) is 59.7 Å². The van der Waals surface area contributed by atoms with E-state index in [1.54, 1.807) is 0 Å². The molecule has 2 unspecified atom stereocenters. The maximum atomic E-state index is 12.8. The van der Waals surface area contributed by atoms with E-state index in [4.69, 9.17) is 9.84 Å². The molecule has 3 rings (SSSR count). The number of amides is 2. The molecule has 0 spiro atoms. The molecule has 0 aromatic heterocycles.